The van der Waals surface area contributed by atoms with Crippen LogP contribution in [0.4, 0.5) is 10.8 Å². The van der Waals surface area contributed by atoms with Gasteiger partial charge in [0.05, 0.1) is 10.7 Å². The van der Waals surface area contributed by atoms with Gasteiger partial charge in [-0.2, -0.15) is 9.36 Å². The van der Waals surface area contributed by atoms with Crippen molar-refractivity contribution in [3.05, 3.63) is 22.7 Å². The standard InChI is InChI=1S/C10H9ClN4OS2/c1-5-3-6(4-7(11)8(5)16)13-14-9-12-10(17-2)15-18-9/h3-4,16H,1-2H3/b14-13+. The maximum Gasteiger partial charge on any atom is 0.250 e. The zero-order valence-corrected chi connectivity index (χ0v) is 12.0. The van der Waals surface area contributed by atoms with Gasteiger partial charge >= 0.3 is 0 Å². The number of phenolic OH excluding ortho intramolecular Hbond substituents is 1. The number of aryl methyl sites for hydroxylation is 1. The van der Waals surface area contributed by atoms with Gasteiger partial charge in [0, 0.05) is 11.5 Å². The van der Waals surface area contributed by atoms with Crippen molar-refractivity contribution in [2.24, 2.45) is 10.2 Å². The highest BCUT2D eigenvalue weighted by Crippen LogP contribution is 2.32. The summed E-state index contributed by atoms with van der Waals surface area (Å²) in [5.74, 6) is 0.0659. The van der Waals surface area contributed by atoms with Gasteiger partial charge in [-0.15, -0.1) is 10.2 Å². The second-order valence-corrected chi connectivity index (χ2v) is 5.27. The molecule has 0 saturated carbocycles. The lowest BCUT2D eigenvalue weighted by atomic mass is 10.2. The van der Waals surface area contributed by atoms with Crippen LogP contribution in [-0.2, 0) is 0 Å². The van der Waals surface area contributed by atoms with Crippen LogP contribution in [0.1, 0.15) is 5.56 Å². The number of thioether (sulfide) groups is 1. The number of aromatic hydroxyl groups is 1. The summed E-state index contributed by atoms with van der Waals surface area (Å²) in [5.41, 5.74) is 1.22. The molecule has 5 nitrogen and oxygen atoms in total. The fraction of sp³-hybridized carbons (Fsp3) is 0.200. The highest BCUT2D eigenvalue weighted by atomic mass is 35.5. The largest absolute Gasteiger partial charge is 0.506 e. The van der Waals surface area contributed by atoms with Gasteiger partial charge in [-0.05, 0) is 30.9 Å². The van der Waals surface area contributed by atoms with E-state index in [1.54, 1.807) is 19.1 Å². The van der Waals surface area contributed by atoms with Crippen LogP contribution < -0.4 is 0 Å². The Kier molecular flexibility index (Phi) is 4.15. The lowest BCUT2D eigenvalue weighted by Crippen LogP contribution is -1.76. The van der Waals surface area contributed by atoms with Gasteiger partial charge in [0.25, 0.3) is 0 Å². The summed E-state index contributed by atoms with van der Waals surface area (Å²) in [7, 11) is 0. The number of hydrogen-bond donors (Lipinski definition) is 1. The van der Waals surface area contributed by atoms with Crippen LogP contribution in [0.5, 0.6) is 5.75 Å². The predicted molar refractivity (Wildman–Crippen MR) is 73.7 cm³/mol. The molecule has 2 aromatic rings. The van der Waals surface area contributed by atoms with Gasteiger partial charge < -0.3 is 5.11 Å². The Morgan fingerprint density at radius 2 is 2.17 bits per heavy atom. The first-order valence-electron chi connectivity index (χ1n) is 4.88. The van der Waals surface area contributed by atoms with E-state index in [1.165, 1.54) is 23.3 Å². The molecule has 18 heavy (non-hydrogen) atoms. The van der Waals surface area contributed by atoms with Gasteiger partial charge in [0.15, 0.2) is 0 Å². The van der Waals surface area contributed by atoms with E-state index >= 15 is 0 Å². The first-order chi connectivity index (χ1) is 8.60. The molecule has 1 aromatic heterocycles. The lowest BCUT2D eigenvalue weighted by Gasteiger charge is -2.01. The van der Waals surface area contributed by atoms with Gasteiger partial charge in [-0.25, -0.2) is 0 Å². The van der Waals surface area contributed by atoms with E-state index in [2.05, 4.69) is 19.6 Å². The second-order valence-electron chi connectivity index (χ2n) is 3.36. The Morgan fingerprint density at radius 1 is 1.39 bits per heavy atom. The molecule has 1 aromatic carbocycles. The van der Waals surface area contributed by atoms with E-state index < -0.39 is 0 Å². The number of nitrogens with zero attached hydrogens (tertiary/aromatic N) is 4. The molecule has 0 fully saturated rings. The van der Waals surface area contributed by atoms with Crippen LogP contribution in [0.25, 0.3) is 0 Å². The average molecular weight is 301 g/mol. The molecule has 0 unspecified atom stereocenters. The van der Waals surface area contributed by atoms with Gasteiger partial charge in [0.2, 0.25) is 10.3 Å². The molecule has 94 valence electrons. The summed E-state index contributed by atoms with van der Waals surface area (Å²) >= 11 is 8.48. The van der Waals surface area contributed by atoms with Crippen molar-refractivity contribution >= 4 is 45.7 Å². The molecule has 0 aliphatic carbocycles. The molecular weight excluding hydrogens is 292 g/mol. The van der Waals surface area contributed by atoms with Crippen molar-refractivity contribution in [3.8, 4) is 5.75 Å². The number of phenols is 1. The Labute approximate surface area is 117 Å². The van der Waals surface area contributed by atoms with Crippen LogP contribution in [-0.4, -0.2) is 20.7 Å². The number of azo groups is 1. The first-order valence-corrected chi connectivity index (χ1v) is 7.26. The lowest BCUT2D eigenvalue weighted by molar-refractivity contribution is 0.471. The molecule has 1 N–H and O–H groups in total. The van der Waals surface area contributed by atoms with Gasteiger partial charge in [-0.3, -0.25) is 0 Å². The van der Waals surface area contributed by atoms with Crippen molar-refractivity contribution in [1.82, 2.24) is 9.36 Å². The summed E-state index contributed by atoms with van der Waals surface area (Å²) in [6, 6.07) is 3.24. The van der Waals surface area contributed by atoms with E-state index in [1.807, 2.05) is 6.26 Å². The molecule has 1 heterocycles. The molecule has 0 radical (unpaired) electrons. The smallest absolute Gasteiger partial charge is 0.250 e. The van der Waals surface area contributed by atoms with Gasteiger partial charge in [-0.1, -0.05) is 23.4 Å². The summed E-state index contributed by atoms with van der Waals surface area (Å²) < 4.78 is 4.07. The fourth-order valence-electron chi connectivity index (χ4n) is 1.20. The minimum absolute atomic E-state index is 0.0659. The minimum atomic E-state index is 0.0659. The van der Waals surface area contributed by atoms with Crippen LogP contribution in [0.15, 0.2) is 27.5 Å². The molecule has 0 amide bonds. The third-order valence-electron chi connectivity index (χ3n) is 2.07. The van der Waals surface area contributed by atoms with Crippen molar-refractivity contribution in [3.63, 3.8) is 0 Å². The zero-order valence-electron chi connectivity index (χ0n) is 9.59. The number of benzene rings is 1. The SMILES string of the molecule is CSc1nsc(/N=N/c2cc(C)c(O)c(Cl)c2)n1. The molecule has 0 atom stereocenters. The van der Waals surface area contributed by atoms with Gasteiger partial charge in [0.1, 0.15) is 5.75 Å². The number of rotatable bonds is 3. The maximum absolute atomic E-state index is 9.52. The second kappa shape index (κ2) is 5.64. The van der Waals surface area contributed by atoms with E-state index in [0.29, 0.717) is 21.5 Å². The van der Waals surface area contributed by atoms with E-state index in [9.17, 15) is 5.11 Å². The van der Waals surface area contributed by atoms with Crippen LogP contribution >= 0.6 is 34.9 Å². The number of aromatic nitrogens is 2. The Balaban J connectivity index is 2.23. The number of halogens is 1. The normalized spacial score (nSPS) is 11.3. The van der Waals surface area contributed by atoms with E-state index in [-0.39, 0.29) is 10.8 Å². The quantitative estimate of drug-likeness (QED) is 0.676. The third kappa shape index (κ3) is 2.98. The summed E-state index contributed by atoms with van der Waals surface area (Å²) in [6.07, 6.45) is 1.89. The Bertz CT molecular complexity index is 576. The molecule has 0 bridgehead atoms. The topological polar surface area (TPSA) is 70.7 Å². The Morgan fingerprint density at radius 3 is 2.78 bits per heavy atom. The van der Waals surface area contributed by atoms with E-state index in [0.717, 1.165) is 0 Å². The summed E-state index contributed by atoms with van der Waals surface area (Å²) in [4.78, 5) is 4.13. The Hall–Kier alpha value is -1.18. The fourth-order valence-corrected chi connectivity index (χ4v) is 2.51. The molecular formula is C10H9ClN4OS2. The molecule has 0 aliphatic rings. The minimum Gasteiger partial charge on any atom is -0.506 e. The molecule has 8 heteroatoms. The molecule has 0 saturated heterocycles. The monoisotopic (exact) mass is 300 g/mol. The summed E-state index contributed by atoms with van der Waals surface area (Å²) in [6.45, 7) is 1.75. The van der Waals surface area contributed by atoms with Crippen molar-refractivity contribution in [2.45, 2.75) is 12.1 Å². The van der Waals surface area contributed by atoms with Crippen LogP contribution in [0.2, 0.25) is 5.02 Å². The summed E-state index contributed by atoms with van der Waals surface area (Å²) in [5, 5.41) is 18.9. The average Bonchev–Trinajstić information content (AvgIpc) is 2.81. The maximum atomic E-state index is 9.52. The van der Waals surface area contributed by atoms with Crippen molar-refractivity contribution in [2.75, 3.05) is 6.26 Å². The van der Waals surface area contributed by atoms with Crippen molar-refractivity contribution in [1.29, 1.82) is 0 Å². The zero-order chi connectivity index (χ0) is 13.1. The van der Waals surface area contributed by atoms with E-state index in [4.69, 9.17) is 11.6 Å². The highest BCUT2D eigenvalue weighted by molar-refractivity contribution is 7.98. The third-order valence-corrected chi connectivity index (χ3v) is 3.62. The predicted octanol–water partition coefficient (Wildman–Crippen LogP) is 4.34. The van der Waals surface area contributed by atoms with Crippen LogP contribution in [0, 0.1) is 6.92 Å². The van der Waals surface area contributed by atoms with Crippen molar-refractivity contribution < 1.29 is 5.11 Å². The van der Waals surface area contributed by atoms with Crippen LogP contribution in [0.3, 0.4) is 0 Å². The molecule has 0 spiro atoms. The first kappa shape index (κ1) is 13.3. The number of hydrogen-bond acceptors (Lipinski definition) is 7. The highest BCUT2D eigenvalue weighted by Gasteiger charge is 2.05. The molecule has 0 aliphatic heterocycles. The molecule has 2 rings (SSSR count).